The van der Waals surface area contributed by atoms with Crippen LogP contribution in [0.1, 0.15) is 16.1 Å². The molecule has 0 saturated carbocycles. The number of fused-ring (bicyclic) bond motifs is 2. The van der Waals surface area contributed by atoms with Crippen molar-refractivity contribution in [2.45, 2.75) is 6.54 Å². The highest BCUT2D eigenvalue weighted by atomic mass is 79.9. The van der Waals surface area contributed by atoms with Gasteiger partial charge in [-0.25, -0.2) is 0 Å². The van der Waals surface area contributed by atoms with Gasteiger partial charge in [0.25, 0.3) is 5.91 Å². The van der Waals surface area contributed by atoms with E-state index < -0.39 is 0 Å². The van der Waals surface area contributed by atoms with E-state index in [1.54, 1.807) is 18.3 Å². The molecule has 1 aliphatic heterocycles. The Morgan fingerprint density at radius 2 is 2.04 bits per heavy atom. The summed E-state index contributed by atoms with van der Waals surface area (Å²) in [6, 6.07) is 11.0. The van der Waals surface area contributed by atoms with E-state index in [4.69, 9.17) is 15.2 Å². The van der Waals surface area contributed by atoms with Crippen LogP contribution in [-0.2, 0) is 6.54 Å². The van der Waals surface area contributed by atoms with Gasteiger partial charge in [0, 0.05) is 33.7 Å². The van der Waals surface area contributed by atoms with Crippen molar-refractivity contribution >= 4 is 38.3 Å². The van der Waals surface area contributed by atoms with E-state index in [0.717, 1.165) is 15.4 Å². The molecule has 0 spiro atoms. The Labute approximate surface area is 152 Å². The summed E-state index contributed by atoms with van der Waals surface area (Å²) in [5.41, 5.74) is 7.85. The molecule has 2 heterocycles. The number of nitrogens with two attached hydrogens (primary N) is 1. The van der Waals surface area contributed by atoms with Gasteiger partial charge in [-0.1, -0.05) is 22.0 Å². The Kier molecular flexibility index (Phi) is 3.93. The van der Waals surface area contributed by atoms with Crippen LogP contribution in [0, 0.1) is 0 Å². The van der Waals surface area contributed by atoms with Gasteiger partial charge < -0.3 is 20.5 Å². The lowest BCUT2D eigenvalue weighted by Gasteiger charge is -2.10. The van der Waals surface area contributed by atoms with E-state index in [1.165, 1.54) is 0 Å². The molecule has 4 rings (SSSR count). The molecular formula is C18H14BrN3O3. The van der Waals surface area contributed by atoms with Crippen molar-refractivity contribution in [3.05, 3.63) is 58.3 Å². The molecule has 0 aliphatic carbocycles. The number of aromatic nitrogens is 1. The number of hydrogen-bond donors (Lipinski definition) is 2. The zero-order chi connectivity index (χ0) is 17.4. The summed E-state index contributed by atoms with van der Waals surface area (Å²) in [5, 5.41) is 4.37. The molecule has 1 aliphatic rings. The lowest BCUT2D eigenvalue weighted by molar-refractivity contribution is 0.0947. The van der Waals surface area contributed by atoms with Crippen LogP contribution in [-0.4, -0.2) is 17.7 Å². The third-order valence-electron chi connectivity index (χ3n) is 4.02. The minimum atomic E-state index is -0.269. The van der Waals surface area contributed by atoms with Crippen LogP contribution in [0.2, 0.25) is 0 Å². The second-order valence-electron chi connectivity index (χ2n) is 5.59. The molecular weight excluding hydrogens is 386 g/mol. The van der Waals surface area contributed by atoms with Gasteiger partial charge in [0.15, 0.2) is 11.5 Å². The monoisotopic (exact) mass is 399 g/mol. The van der Waals surface area contributed by atoms with Gasteiger partial charge in [-0.2, -0.15) is 0 Å². The van der Waals surface area contributed by atoms with Crippen molar-refractivity contribution in [1.29, 1.82) is 0 Å². The molecule has 6 nitrogen and oxygen atoms in total. The lowest BCUT2D eigenvalue weighted by Crippen LogP contribution is -2.24. The van der Waals surface area contributed by atoms with Crippen molar-refractivity contribution in [2.24, 2.45) is 0 Å². The number of ether oxygens (including phenoxy) is 2. The molecule has 0 bridgehead atoms. The quantitative estimate of drug-likeness (QED) is 0.660. The van der Waals surface area contributed by atoms with Crippen LogP contribution in [0.4, 0.5) is 5.69 Å². The molecule has 2 aromatic carbocycles. The number of carbonyl (C=O) groups excluding carboxylic acids is 1. The Bertz CT molecular complexity index is 991. The lowest BCUT2D eigenvalue weighted by atomic mass is 10.1. The van der Waals surface area contributed by atoms with E-state index in [-0.39, 0.29) is 12.7 Å². The van der Waals surface area contributed by atoms with Crippen LogP contribution in [0.25, 0.3) is 10.8 Å². The number of benzene rings is 2. The summed E-state index contributed by atoms with van der Waals surface area (Å²) in [6.07, 6.45) is 1.58. The maximum absolute atomic E-state index is 12.6. The van der Waals surface area contributed by atoms with Crippen LogP contribution in [0.5, 0.6) is 11.5 Å². The number of anilines is 1. The number of amides is 1. The number of hydrogen-bond acceptors (Lipinski definition) is 5. The molecule has 25 heavy (non-hydrogen) atoms. The highest BCUT2D eigenvalue weighted by Gasteiger charge is 2.17. The summed E-state index contributed by atoms with van der Waals surface area (Å²) in [4.78, 5) is 16.9. The maximum atomic E-state index is 12.6. The molecule has 1 aromatic heterocycles. The number of carbonyl (C=O) groups is 1. The number of halogens is 1. The first-order chi connectivity index (χ1) is 12.1. The summed E-state index contributed by atoms with van der Waals surface area (Å²) in [5.74, 6) is 1.13. The van der Waals surface area contributed by atoms with Crippen molar-refractivity contribution in [1.82, 2.24) is 10.3 Å². The smallest absolute Gasteiger partial charge is 0.270 e. The van der Waals surface area contributed by atoms with Crippen molar-refractivity contribution in [3.8, 4) is 11.5 Å². The average Bonchev–Trinajstić information content (AvgIpc) is 3.10. The Morgan fingerprint density at radius 1 is 1.20 bits per heavy atom. The van der Waals surface area contributed by atoms with Crippen LogP contribution in [0.3, 0.4) is 0 Å². The van der Waals surface area contributed by atoms with Gasteiger partial charge in [0.1, 0.15) is 5.69 Å². The predicted molar refractivity (Wildman–Crippen MR) is 97.6 cm³/mol. The van der Waals surface area contributed by atoms with E-state index in [0.29, 0.717) is 34.8 Å². The topological polar surface area (TPSA) is 86.5 Å². The molecule has 3 N–H and O–H groups in total. The minimum Gasteiger partial charge on any atom is -0.454 e. The Hall–Kier alpha value is -2.80. The molecule has 0 fully saturated rings. The molecule has 0 saturated heterocycles. The number of rotatable bonds is 3. The van der Waals surface area contributed by atoms with Crippen LogP contribution in [0.15, 0.2) is 47.1 Å². The fourth-order valence-corrected chi connectivity index (χ4v) is 3.30. The maximum Gasteiger partial charge on any atom is 0.270 e. The molecule has 1 amide bonds. The average molecular weight is 400 g/mol. The second-order valence-corrected chi connectivity index (χ2v) is 6.44. The largest absolute Gasteiger partial charge is 0.454 e. The van der Waals surface area contributed by atoms with Crippen LogP contribution >= 0.6 is 15.9 Å². The summed E-state index contributed by atoms with van der Waals surface area (Å²) < 4.78 is 11.4. The molecule has 7 heteroatoms. The number of pyridine rings is 1. The Morgan fingerprint density at radius 3 is 2.92 bits per heavy atom. The third-order valence-corrected chi connectivity index (χ3v) is 4.68. The van der Waals surface area contributed by atoms with Crippen molar-refractivity contribution in [2.75, 3.05) is 12.5 Å². The first kappa shape index (κ1) is 15.7. The van der Waals surface area contributed by atoms with Crippen molar-refractivity contribution in [3.63, 3.8) is 0 Å². The molecule has 126 valence electrons. The standard InChI is InChI=1S/C18H14BrN3O3/c19-12-2-3-13(20)11-5-6-21-17(16(11)12)18(23)22-8-10-1-4-14-15(7-10)25-9-24-14/h1-7H,8-9,20H2,(H,22,23). The second kappa shape index (κ2) is 6.25. The number of nitrogens with zero attached hydrogens (tertiary/aromatic N) is 1. The summed E-state index contributed by atoms with van der Waals surface area (Å²) in [6.45, 7) is 0.577. The molecule has 0 unspecified atom stereocenters. The first-order valence-corrected chi connectivity index (χ1v) is 8.42. The van der Waals surface area contributed by atoms with Gasteiger partial charge in [0.05, 0.1) is 0 Å². The van der Waals surface area contributed by atoms with E-state index in [1.807, 2.05) is 24.3 Å². The predicted octanol–water partition coefficient (Wildman–Crippen LogP) is 3.24. The zero-order valence-corrected chi connectivity index (χ0v) is 14.7. The first-order valence-electron chi connectivity index (χ1n) is 7.63. The van der Waals surface area contributed by atoms with E-state index >= 15 is 0 Å². The van der Waals surface area contributed by atoms with Gasteiger partial charge in [-0.05, 0) is 35.9 Å². The molecule has 0 radical (unpaired) electrons. The normalized spacial score (nSPS) is 12.4. The fourth-order valence-electron chi connectivity index (χ4n) is 2.77. The van der Waals surface area contributed by atoms with E-state index in [2.05, 4.69) is 26.2 Å². The Balaban J connectivity index is 1.59. The highest BCUT2D eigenvalue weighted by Crippen LogP contribution is 2.33. The number of nitrogens with one attached hydrogen (secondary N) is 1. The third kappa shape index (κ3) is 2.87. The van der Waals surface area contributed by atoms with Crippen LogP contribution < -0.4 is 20.5 Å². The van der Waals surface area contributed by atoms with Gasteiger partial charge in [-0.3, -0.25) is 9.78 Å². The summed E-state index contributed by atoms with van der Waals surface area (Å²) in [7, 11) is 0. The molecule has 3 aromatic rings. The molecule has 0 atom stereocenters. The SMILES string of the molecule is Nc1ccc(Br)c2c(C(=O)NCc3ccc4c(c3)OCO4)nccc12. The van der Waals surface area contributed by atoms with Gasteiger partial charge >= 0.3 is 0 Å². The highest BCUT2D eigenvalue weighted by molar-refractivity contribution is 9.10. The summed E-state index contributed by atoms with van der Waals surface area (Å²) >= 11 is 3.47. The van der Waals surface area contributed by atoms with Gasteiger partial charge in [-0.15, -0.1) is 0 Å². The van der Waals surface area contributed by atoms with E-state index in [9.17, 15) is 4.79 Å². The fraction of sp³-hybridized carbons (Fsp3) is 0.111. The zero-order valence-electron chi connectivity index (χ0n) is 13.1. The van der Waals surface area contributed by atoms with Crippen molar-refractivity contribution < 1.29 is 14.3 Å². The minimum absolute atomic E-state index is 0.223. The van der Waals surface area contributed by atoms with Gasteiger partial charge in [0.2, 0.25) is 6.79 Å². The number of nitrogen functional groups attached to an aromatic ring is 1.